The molecule has 1 N–H and O–H groups in total. The summed E-state index contributed by atoms with van der Waals surface area (Å²) in [6, 6.07) is 10.3. The molecule has 0 radical (unpaired) electrons. The third-order valence-electron chi connectivity index (χ3n) is 2.77. The van der Waals surface area contributed by atoms with Gasteiger partial charge in [-0.25, -0.2) is 4.98 Å². The molecular weight excluding hydrogens is 232 g/mol. The van der Waals surface area contributed by atoms with Gasteiger partial charge >= 0.3 is 0 Å². The summed E-state index contributed by atoms with van der Waals surface area (Å²) in [4.78, 5) is 4.39. The van der Waals surface area contributed by atoms with Gasteiger partial charge in [0.15, 0.2) is 0 Å². The zero-order valence-corrected chi connectivity index (χ0v) is 11.0. The Hall–Kier alpha value is -1.28. The predicted molar refractivity (Wildman–Crippen MR) is 74.7 cm³/mol. The van der Waals surface area contributed by atoms with Gasteiger partial charge in [-0.2, -0.15) is 0 Å². The van der Waals surface area contributed by atoms with Gasteiger partial charge in [-0.15, -0.1) is 11.6 Å². The van der Waals surface area contributed by atoms with Gasteiger partial charge < -0.3 is 5.32 Å². The molecule has 0 spiro atoms. The van der Waals surface area contributed by atoms with E-state index < -0.39 is 0 Å². The summed E-state index contributed by atoms with van der Waals surface area (Å²) in [6.45, 7) is 5.09. The number of hydrogen-bond acceptors (Lipinski definition) is 2. The average Bonchev–Trinajstić information content (AvgIpc) is 2.36. The lowest BCUT2D eigenvalue weighted by atomic mass is 9.96. The number of halogens is 1. The van der Waals surface area contributed by atoms with Gasteiger partial charge in [0.2, 0.25) is 0 Å². The fourth-order valence-electron chi connectivity index (χ4n) is 1.63. The number of anilines is 1. The minimum Gasteiger partial charge on any atom is -0.369 e. The van der Waals surface area contributed by atoms with Crippen LogP contribution in [0.25, 0.3) is 10.8 Å². The quantitative estimate of drug-likeness (QED) is 0.830. The summed E-state index contributed by atoms with van der Waals surface area (Å²) < 4.78 is 0. The van der Waals surface area contributed by atoms with Crippen molar-refractivity contribution < 1.29 is 0 Å². The van der Waals surface area contributed by atoms with E-state index in [1.807, 2.05) is 24.4 Å². The molecule has 2 nitrogen and oxygen atoms in total. The maximum Gasteiger partial charge on any atom is 0.133 e. The number of alkyl halides is 1. The second kappa shape index (κ2) is 4.92. The van der Waals surface area contributed by atoms with Crippen molar-refractivity contribution in [1.82, 2.24) is 4.98 Å². The Bertz CT molecular complexity index is 503. The van der Waals surface area contributed by atoms with Crippen molar-refractivity contribution in [2.75, 3.05) is 17.7 Å². The van der Waals surface area contributed by atoms with Crippen LogP contribution in [0.3, 0.4) is 0 Å². The van der Waals surface area contributed by atoms with Crippen molar-refractivity contribution in [1.29, 1.82) is 0 Å². The first-order valence-corrected chi connectivity index (χ1v) is 6.29. The van der Waals surface area contributed by atoms with Gasteiger partial charge in [0.05, 0.1) is 0 Å². The molecule has 0 saturated heterocycles. The van der Waals surface area contributed by atoms with Crippen LogP contribution in [-0.4, -0.2) is 17.4 Å². The van der Waals surface area contributed by atoms with Crippen LogP contribution in [0.1, 0.15) is 13.8 Å². The highest BCUT2D eigenvalue weighted by Crippen LogP contribution is 2.23. The number of nitrogens with one attached hydrogen (secondary N) is 1. The summed E-state index contributed by atoms with van der Waals surface area (Å²) in [5.41, 5.74) is 0.0696. The highest BCUT2D eigenvalue weighted by molar-refractivity contribution is 6.18. The van der Waals surface area contributed by atoms with Crippen molar-refractivity contribution in [3.05, 3.63) is 36.5 Å². The maximum absolute atomic E-state index is 5.92. The third-order valence-corrected chi connectivity index (χ3v) is 3.49. The smallest absolute Gasteiger partial charge is 0.133 e. The van der Waals surface area contributed by atoms with Crippen molar-refractivity contribution >= 4 is 28.2 Å². The molecule has 90 valence electrons. The van der Waals surface area contributed by atoms with Crippen molar-refractivity contribution in [3.8, 4) is 0 Å². The van der Waals surface area contributed by atoms with E-state index in [9.17, 15) is 0 Å². The first kappa shape index (κ1) is 12.2. The Morgan fingerprint density at radius 2 is 2.00 bits per heavy atom. The summed E-state index contributed by atoms with van der Waals surface area (Å²) in [7, 11) is 0. The van der Waals surface area contributed by atoms with E-state index in [4.69, 9.17) is 11.6 Å². The van der Waals surface area contributed by atoms with Gasteiger partial charge in [0.25, 0.3) is 0 Å². The lowest BCUT2D eigenvalue weighted by Crippen LogP contribution is -2.25. The Kier molecular flexibility index (Phi) is 3.53. The Morgan fingerprint density at radius 3 is 2.76 bits per heavy atom. The lowest BCUT2D eigenvalue weighted by molar-refractivity contribution is 0.450. The lowest BCUT2D eigenvalue weighted by Gasteiger charge is -2.22. The summed E-state index contributed by atoms with van der Waals surface area (Å²) in [5.74, 6) is 1.56. The van der Waals surface area contributed by atoms with E-state index in [2.05, 4.69) is 36.3 Å². The maximum atomic E-state index is 5.92. The van der Waals surface area contributed by atoms with E-state index in [-0.39, 0.29) is 5.41 Å². The number of rotatable bonds is 4. The van der Waals surface area contributed by atoms with Gasteiger partial charge in [-0.1, -0.05) is 38.1 Å². The minimum atomic E-state index is 0.0696. The molecule has 0 aliphatic heterocycles. The van der Waals surface area contributed by atoms with Gasteiger partial charge in [0, 0.05) is 24.0 Å². The van der Waals surface area contributed by atoms with Crippen LogP contribution in [0.2, 0.25) is 0 Å². The van der Waals surface area contributed by atoms with Gasteiger partial charge in [-0.3, -0.25) is 0 Å². The monoisotopic (exact) mass is 248 g/mol. The van der Waals surface area contributed by atoms with Crippen LogP contribution >= 0.6 is 11.6 Å². The fourth-order valence-corrected chi connectivity index (χ4v) is 1.73. The molecule has 2 rings (SSSR count). The van der Waals surface area contributed by atoms with Crippen LogP contribution in [0, 0.1) is 5.41 Å². The van der Waals surface area contributed by atoms with Crippen LogP contribution in [0.4, 0.5) is 5.82 Å². The highest BCUT2D eigenvalue weighted by Gasteiger charge is 2.16. The summed E-state index contributed by atoms with van der Waals surface area (Å²) >= 11 is 5.92. The van der Waals surface area contributed by atoms with Gasteiger partial charge in [0.1, 0.15) is 5.82 Å². The normalized spacial score (nSPS) is 11.7. The van der Waals surface area contributed by atoms with Crippen LogP contribution < -0.4 is 5.32 Å². The fraction of sp³-hybridized carbons (Fsp3) is 0.357. The summed E-state index contributed by atoms with van der Waals surface area (Å²) in [5, 5.41) is 5.74. The van der Waals surface area contributed by atoms with E-state index >= 15 is 0 Å². The molecule has 17 heavy (non-hydrogen) atoms. The Labute approximate surface area is 107 Å². The summed E-state index contributed by atoms with van der Waals surface area (Å²) in [6.07, 6.45) is 1.83. The first-order valence-electron chi connectivity index (χ1n) is 5.76. The third kappa shape index (κ3) is 2.89. The van der Waals surface area contributed by atoms with Crippen molar-refractivity contribution in [3.63, 3.8) is 0 Å². The molecule has 0 aliphatic rings. The molecule has 0 atom stereocenters. The molecule has 0 saturated carbocycles. The SMILES string of the molecule is CC(C)(CCl)CNc1nccc2ccccc12. The molecule has 0 bridgehead atoms. The van der Waals surface area contributed by atoms with Crippen molar-refractivity contribution in [2.45, 2.75) is 13.8 Å². The molecule has 1 aromatic heterocycles. The number of nitrogens with zero attached hydrogens (tertiary/aromatic N) is 1. The number of hydrogen-bond donors (Lipinski definition) is 1. The number of aromatic nitrogens is 1. The molecule has 1 heterocycles. The Morgan fingerprint density at radius 1 is 1.24 bits per heavy atom. The highest BCUT2D eigenvalue weighted by atomic mass is 35.5. The zero-order valence-electron chi connectivity index (χ0n) is 10.2. The van der Waals surface area contributed by atoms with Gasteiger partial charge in [-0.05, 0) is 16.9 Å². The molecule has 1 aromatic carbocycles. The molecule has 3 heteroatoms. The van der Waals surface area contributed by atoms with Crippen LogP contribution in [0.15, 0.2) is 36.5 Å². The molecule has 0 aliphatic carbocycles. The predicted octanol–water partition coefficient (Wildman–Crippen LogP) is 3.91. The largest absolute Gasteiger partial charge is 0.369 e. The van der Waals surface area contributed by atoms with E-state index in [1.165, 1.54) is 5.39 Å². The second-order valence-corrected chi connectivity index (χ2v) is 5.30. The number of benzene rings is 1. The molecule has 0 fully saturated rings. The molecule has 2 aromatic rings. The van der Waals surface area contributed by atoms with Crippen LogP contribution in [0.5, 0.6) is 0 Å². The average molecular weight is 249 g/mol. The standard InChI is InChI=1S/C14H17ClN2/c1-14(2,9-15)10-17-13-12-6-4-3-5-11(12)7-8-16-13/h3-8H,9-10H2,1-2H3,(H,16,17). The van der Waals surface area contributed by atoms with E-state index in [0.29, 0.717) is 5.88 Å². The molecular formula is C14H17ClN2. The van der Waals surface area contributed by atoms with Crippen LogP contribution in [-0.2, 0) is 0 Å². The second-order valence-electron chi connectivity index (χ2n) is 5.03. The minimum absolute atomic E-state index is 0.0696. The topological polar surface area (TPSA) is 24.9 Å². The van der Waals surface area contributed by atoms with Crippen molar-refractivity contribution in [2.24, 2.45) is 5.41 Å². The molecule has 0 amide bonds. The zero-order chi connectivity index (χ0) is 12.3. The Balaban J connectivity index is 2.24. The number of pyridine rings is 1. The van der Waals surface area contributed by atoms with E-state index in [1.54, 1.807) is 0 Å². The molecule has 0 unspecified atom stereocenters. The van der Waals surface area contributed by atoms with E-state index in [0.717, 1.165) is 17.7 Å². The first-order chi connectivity index (χ1) is 8.12. The number of fused-ring (bicyclic) bond motifs is 1.